The Kier molecular flexibility index (Phi) is 21.9. The first-order valence-corrected chi connectivity index (χ1v) is 31.3. The summed E-state index contributed by atoms with van der Waals surface area (Å²) in [7, 11) is 0. The molecule has 9 rings (SSSR count). The van der Waals surface area contributed by atoms with Crippen molar-refractivity contribution in [1.82, 2.24) is 0 Å². The van der Waals surface area contributed by atoms with E-state index in [1.54, 1.807) is 6.92 Å². The topological polar surface area (TPSA) is 505 Å². The molecule has 5 aliphatic carbocycles. The fourth-order valence-electron chi connectivity index (χ4n) is 16.9. The monoisotopic (exact) mass is 1300 g/mol. The number of aliphatic hydroxyl groups is 20. The summed E-state index contributed by atoms with van der Waals surface area (Å²) < 4.78 is 53.1. The molecule has 0 unspecified atom stereocenters. The minimum atomic E-state index is -2.02. The average molecular weight is 1300 g/mol. The van der Waals surface area contributed by atoms with Gasteiger partial charge in [-0.3, -0.25) is 4.79 Å². The van der Waals surface area contributed by atoms with Crippen LogP contribution in [-0.2, 0) is 47.4 Å². The molecule has 20 N–H and O–H groups in total. The van der Waals surface area contributed by atoms with Crippen molar-refractivity contribution in [3.63, 3.8) is 0 Å². The lowest BCUT2D eigenvalue weighted by molar-refractivity contribution is -0.391. The smallest absolute Gasteiger partial charge is 0.312 e. The highest BCUT2D eigenvalue weighted by Crippen LogP contribution is 2.74. The summed E-state index contributed by atoms with van der Waals surface area (Å²) in [6.45, 7) is 6.71. The third-order valence-corrected chi connectivity index (χ3v) is 23.0. The molecule has 9 aliphatic rings. The molecule has 30 heteroatoms. The summed E-state index contributed by atoms with van der Waals surface area (Å²) in [6, 6.07) is 0. The van der Waals surface area contributed by atoms with Crippen molar-refractivity contribution in [2.24, 2.45) is 44.3 Å². The number of carbonyl (C=O) groups excluding carboxylic acids is 1. The van der Waals surface area contributed by atoms with Crippen LogP contribution in [0.15, 0.2) is 23.3 Å². The van der Waals surface area contributed by atoms with Gasteiger partial charge in [0.25, 0.3) is 0 Å². The fourth-order valence-corrected chi connectivity index (χ4v) is 16.9. The zero-order valence-electron chi connectivity index (χ0n) is 51.5. The summed E-state index contributed by atoms with van der Waals surface area (Å²) in [4.78, 5) is 14.4. The van der Waals surface area contributed by atoms with Crippen LogP contribution in [0.2, 0.25) is 0 Å². The zero-order valence-corrected chi connectivity index (χ0v) is 51.5. The molecule has 7 fully saturated rings. The Balaban J connectivity index is 0.912. The van der Waals surface area contributed by atoms with Crippen LogP contribution >= 0.6 is 0 Å². The Bertz CT molecular complexity index is 2510. The van der Waals surface area contributed by atoms with Crippen molar-refractivity contribution in [3.05, 3.63) is 23.3 Å². The van der Waals surface area contributed by atoms with Gasteiger partial charge in [-0.2, -0.15) is 0 Å². The van der Waals surface area contributed by atoms with Gasteiger partial charge in [0.15, 0.2) is 25.2 Å². The minimum Gasteiger partial charge on any atom is -0.462 e. The number of ether oxygens (including phenoxy) is 9. The van der Waals surface area contributed by atoms with Gasteiger partial charge in [-0.05, 0) is 93.5 Å². The van der Waals surface area contributed by atoms with Gasteiger partial charge in [-0.1, -0.05) is 45.4 Å². The van der Waals surface area contributed by atoms with Gasteiger partial charge in [0.05, 0.1) is 63.4 Å². The Morgan fingerprint density at radius 1 is 0.600 bits per heavy atom. The summed E-state index contributed by atoms with van der Waals surface area (Å²) in [5, 5.41) is 215. The molecule has 518 valence electrons. The van der Waals surface area contributed by atoms with Crippen LogP contribution in [0.4, 0.5) is 0 Å². The quantitative estimate of drug-likeness (QED) is 0.0398. The zero-order chi connectivity index (χ0) is 66.3. The third kappa shape index (κ3) is 12.2. The maximum absolute atomic E-state index is 14.4. The van der Waals surface area contributed by atoms with Gasteiger partial charge < -0.3 is 145 Å². The van der Waals surface area contributed by atoms with Gasteiger partial charge in [0, 0.05) is 16.2 Å². The number of carbonyl (C=O) groups is 1. The summed E-state index contributed by atoms with van der Waals surface area (Å²) in [6.07, 6.45) is -37.1. The van der Waals surface area contributed by atoms with E-state index >= 15 is 0 Å². The van der Waals surface area contributed by atoms with Crippen molar-refractivity contribution >= 4 is 5.97 Å². The van der Waals surface area contributed by atoms with E-state index in [0.29, 0.717) is 31.3 Å². The van der Waals surface area contributed by atoms with Gasteiger partial charge in [0.2, 0.25) is 0 Å². The largest absolute Gasteiger partial charge is 0.462 e. The normalized spacial score (nSPS) is 51.0. The summed E-state index contributed by atoms with van der Waals surface area (Å²) in [5.41, 5.74) is -3.73. The molecular weight excluding hydrogens is 1200 g/mol. The van der Waals surface area contributed by atoms with Crippen molar-refractivity contribution in [1.29, 1.82) is 0 Å². The number of rotatable bonds is 20. The molecule has 0 amide bonds. The van der Waals surface area contributed by atoms with E-state index in [2.05, 4.69) is 26.8 Å². The summed E-state index contributed by atoms with van der Waals surface area (Å²) >= 11 is 0. The van der Waals surface area contributed by atoms with Crippen LogP contribution in [0.25, 0.3) is 0 Å². The predicted octanol–water partition coefficient (Wildman–Crippen LogP) is -6.71. The minimum absolute atomic E-state index is 0.0498. The molecule has 0 radical (unpaired) electrons. The third-order valence-electron chi connectivity index (χ3n) is 23.0. The first-order chi connectivity index (χ1) is 42.2. The number of hydrogen-bond acceptors (Lipinski definition) is 30. The molecule has 0 spiro atoms. The average Bonchev–Trinajstić information content (AvgIpc) is 0.675. The Morgan fingerprint density at radius 3 is 1.80 bits per heavy atom. The maximum atomic E-state index is 14.4. The van der Waals surface area contributed by atoms with E-state index in [-0.39, 0.29) is 44.1 Å². The molecule has 0 bridgehead atoms. The molecule has 0 aromatic carbocycles. The van der Waals surface area contributed by atoms with Crippen LogP contribution in [0.1, 0.15) is 92.9 Å². The second-order valence-electron chi connectivity index (χ2n) is 28.2. The molecule has 4 saturated heterocycles. The Hall–Kier alpha value is -2.17. The number of fused-ring (bicyclic) bond motifs is 6. The lowest BCUT2D eigenvalue weighted by atomic mass is 9.35. The van der Waals surface area contributed by atoms with Crippen molar-refractivity contribution in [2.45, 2.75) is 252 Å². The Labute approximate surface area is 520 Å². The number of esters is 1. The molecule has 3 saturated carbocycles. The van der Waals surface area contributed by atoms with Gasteiger partial charge in [-0.25, -0.2) is 0 Å². The molecule has 90 heavy (non-hydrogen) atoms. The predicted molar refractivity (Wildman–Crippen MR) is 300 cm³/mol. The first-order valence-electron chi connectivity index (χ1n) is 31.3. The second-order valence-corrected chi connectivity index (χ2v) is 28.2. The van der Waals surface area contributed by atoms with Crippen molar-refractivity contribution in [3.8, 4) is 0 Å². The van der Waals surface area contributed by atoms with E-state index in [0.717, 1.165) is 5.57 Å². The van der Waals surface area contributed by atoms with Crippen LogP contribution in [0.3, 0.4) is 0 Å². The first kappa shape index (κ1) is 72.1. The van der Waals surface area contributed by atoms with E-state index < -0.39 is 238 Å². The highest BCUT2D eigenvalue weighted by atomic mass is 16.8. The standard InChI is InChI=1S/C60H98O30/c1-24-36(69)48(89-53-49(44(77)40(73)30(19-63)86-53)90-51-46(79)42(75)39(72)29(18-62)85-51)47(80)52(84-24)88-35-10-11-56(3)32(57(35,4)22-64)9-12-58(5)33(56)8-7-25-26-15-55(2,13-14-60(26,23-65)34(68)16-59(25,58)6)54(81)83-21-31-41(74)43(76)45(78)50(87-31)82-20-28(67)38(71)37(70)27(66)17-61/h7-8,24,27-53,61-80H,9-23H2,1-6H3/t24-,27-,28+,29-,30-,31-,32-,33-,34-,35+,36+,37-,38+,39+,40+,41-,42+,43+,44+,45-,46-,47-,48+,49-,50-,51+,52+,53+,55+,56+,57+,58-,59-,60-/m1/s1. The molecular formula is C60H98O30. The molecule has 0 aromatic heterocycles. The number of hydrogen-bond donors (Lipinski definition) is 20. The molecule has 4 heterocycles. The van der Waals surface area contributed by atoms with Crippen LogP contribution in [-0.4, -0.2) is 314 Å². The fraction of sp³-hybridized carbons (Fsp3) is 0.917. The number of aliphatic hydroxyl groups excluding tert-OH is 20. The van der Waals surface area contributed by atoms with E-state index in [4.69, 9.17) is 47.7 Å². The molecule has 0 aromatic rings. The maximum Gasteiger partial charge on any atom is 0.312 e. The second kappa shape index (κ2) is 27.4. The van der Waals surface area contributed by atoms with Crippen molar-refractivity contribution < 1.29 is 150 Å². The van der Waals surface area contributed by atoms with E-state index in [1.165, 1.54) is 6.92 Å². The Morgan fingerprint density at radius 2 is 1.18 bits per heavy atom. The van der Waals surface area contributed by atoms with Gasteiger partial charge in [-0.15, -0.1) is 0 Å². The van der Waals surface area contributed by atoms with Crippen LogP contribution < -0.4 is 0 Å². The van der Waals surface area contributed by atoms with E-state index in [9.17, 15) is 102 Å². The highest BCUT2D eigenvalue weighted by Gasteiger charge is 2.70. The summed E-state index contributed by atoms with van der Waals surface area (Å²) in [5.74, 6) is -1.16. The van der Waals surface area contributed by atoms with Gasteiger partial charge in [0.1, 0.15) is 123 Å². The number of allylic oxidation sites excluding steroid dienone is 3. The van der Waals surface area contributed by atoms with E-state index in [1.807, 2.05) is 13.0 Å². The SMILES string of the molecule is C[C@H]1O[C@@H](O[C@H]2CC[C@@]3(C)[C@@H](CC[C@]4(C)[C@@H]3C=CC3=C5C[C@@](C)(C(=O)OC[C@H]6O[C@@H](OC[C@H](O)[C@H](O)[C@H](O)[C@H](O)CO)[C@H](O)[C@@H](O)[C@@H]6O)CC[C@]5(CO)[C@H](O)C[C@]34C)[C@]2(C)CO)[C@H](O)[C@@H](O[C@@H]2O[C@H](CO)[C@H](O)[C@H](O)[C@H]2O[C@@H]2O[C@H](CO)[C@H](O)[C@H](O)[C@H]2O)[C@H]1O. The lowest BCUT2D eigenvalue weighted by Gasteiger charge is -2.70. The van der Waals surface area contributed by atoms with Gasteiger partial charge >= 0.3 is 5.97 Å². The lowest BCUT2D eigenvalue weighted by Crippen LogP contribution is -2.67. The molecule has 30 nitrogen and oxygen atoms in total. The van der Waals surface area contributed by atoms with Crippen LogP contribution in [0, 0.1) is 44.3 Å². The molecule has 34 atom stereocenters. The molecule has 4 aliphatic heterocycles. The van der Waals surface area contributed by atoms with Crippen molar-refractivity contribution in [2.75, 3.05) is 46.2 Å². The van der Waals surface area contributed by atoms with Crippen LogP contribution in [0.5, 0.6) is 0 Å². The highest BCUT2D eigenvalue weighted by molar-refractivity contribution is 5.77.